The van der Waals surface area contributed by atoms with Crippen molar-refractivity contribution in [1.29, 1.82) is 0 Å². The maximum Gasteiger partial charge on any atom is 0.231 e. The highest BCUT2D eigenvalue weighted by atomic mass is 32.2. The van der Waals surface area contributed by atoms with E-state index in [1.165, 1.54) is 12.1 Å². The van der Waals surface area contributed by atoms with Crippen LogP contribution in [0.15, 0.2) is 48.7 Å². The third-order valence-electron chi connectivity index (χ3n) is 4.07. The Bertz CT molecular complexity index is 1030. The molecular weight excluding hydrogens is 374 g/mol. The van der Waals surface area contributed by atoms with Crippen LogP contribution in [0, 0.1) is 11.6 Å². The Morgan fingerprint density at radius 2 is 2.00 bits per heavy atom. The van der Waals surface area contributed by atoms with Crippen molar-refractivity contribution >= 4 is 28.0 Å². The first-order valence-corrected chi connectivity index (χ1v) is 9.28. The summed E-state index contributed by atoms with van der Waals surface area (Å²) in [5.74, 6) is -2.91. The molecule has 27 heavy (non-hydrogen) atoms. The van der Waals surface area contributed by atoms with Gasteiger partial charge in [-0.2, -0.15) is 0 Å². The summed E-state index contributed by atoms with van der Waals surface area (Å²) in [5.41, 5.74) is 1.03. The van der Waals surface area contributed by atoms with E-state index in [1.807, 2.05) is 0 Å². The Morgan fingerprint density at radius 1 is 1.19 bits per heavy atom. The Kier molecular flexibility index (Phi) is 6.00. The number of carbonyl (C=O) groups excluding carboxylic acids is 1. The van der Waals surface area contributed by atoms with Gasteiger partial charge in [0.25, 0.3) is 0 Å². The summed E-state index contributed by atoms with van der Waals surface area (Å²) in [6.07, 6.45) is 2.37. The van der Waals surface area contributed by atoms with Crippen molar-refractivity contribution in [3.63, 3.8) is 0 Å². The highest BCUT2D eigenvalue weighted by Gasteiger charge is 2.19. The zero-order valence-electron chi connectivity index (χ0n) is 14.1. The Balaban J connectivity index is 1.87. The van der Waals surface area contributed by atoms with Gasteiger partial charge < -0.3 is 0 Å². The van der Waals surface area contributed by atoms with Crippen molar-refractivity contribution in [2.45, 2.75) is 12.8 Å². The smallest absolute Gasteiger partial charge is 0.231 e. The van der Waals surface area contributed by atoms with Crippen LogP contribution < -0.4 is 4.72 Å². The predicted molar refractivity (Wildman–Crippen MR) is 98.6 cm³/mol. The summed E-state index contributed by atoms with van der Waals surface area (Å²) < 4.78 is 49.7. The number of ketones is 1. The number of fused-ring (bicyclic) bond motifs is 1. The monoisotopic (exact) mass is 390 g/mol. The van der Waals surface area contributed by atoms with Crippen LogP contribution in [0.5, 0.6) is 0 Å². The molecule has 3 rings (SSSR count). The second-order valence-electron chi connectivity index (χ2n) is 5.93. The van der Waals surface area contributed by atoms with E-state index in [1.54, 1.807) is 30.5 Å². The number of pyridine rings is 1. The summed E-state index contributed by atoms with van der Waals surface area (Å²) in [6, 6.07) is 10.6. The topological polar surface area (TPSA) is 79.3 Å². The SMILES string of the molecule is O=C(c1ccc2ncccc2c1)c1cc(CCCNS(=O)O)cc(F)c1F. The second kappa shape index (κ2) is 8.43. The molecule has 1 aromatic heterocycles. The lowest BCUT2D eigenvalue weighted by atomic mass is 9.97. The number of benzene rings is 2. The van der Waals surface area contributed by atoms with Gasteiger partial charge in [0.2, 0.25) is 11.3 Å². The standard InChI is InChI=1S/C19H16F2N2O3S/c20-16-10-12(3-1-8-23-27(25)26)9-15(18(16)21)19(24)14-5-6-17-13(11-14)4-2-7-22-17/h2,4-7,9-11,23H,1,3,8H2,(H,25,26). The summed E-state index contributed by atoms with van der Waals surface area (Å²) >= 11 is -2.12. The number of halogens is 2. The number of aromatic nitrogens is 1. The highest BCUT2D eigenvalue weighted by Crippen LogP contribution is 2.22. The lowest BCUT2D eigenvalue weighted by molar-refractivity contribution is 0.103. The molecule has 0 spiro atoms. The van der Waals surface area contributed by atoms with Gasteiger partial charge in [-0.1, -0.05) is 6.07 Å². The number of hydrogen-bond acceptors (Lipinski definition) is 3. The average Bonchev–Trinajstić information content (AvgIpc) is 2.66. The lowest BCUT2D eigenvalue weighted by Crippen LogP contribution is -2.18. The Hall–Kier alpha value is -2.55. The molecule has 3 aromatic rings. The molecule has 2 N–H and O–H groups in total. The van der Waals surface area contributed by atoms with Crippen molar-refractivity contribution in [2.75, 3.05) is 6.54 Å². The number of carbonyl (C=O) groups is 1. The number of nitrogens with one attached hydrogen (secondary N) is 1. The zero-order valence-corrected chi connectivity index (χ0v) is 14.9. The van der Waals surface area contributed by atoms with Crippen LogP contribution in [0.25, 0.3) is 10.9 Å². The van der Waals surface area contributed by atoms with Crippen LogP contribution in [-0.2, 0) is 17.7 Å². The Labute approximate surface area is 156 Å². The molecule has 1 atom stereocenters. The van der Waals surface area contributed by atoms with Crippen molar-refractivity contribution in [3.8, 4) is 0 Å². The number of nitrogens with zero attached hydrogens (tertiary/aromatic N) is 1. The molecule has 0 fully saturated rings. The number of aryl methyl sites for hydroxylation is 1. The molecule has 0 aliphatic carbocycles. The third-order valence-corrected chi connectivity index (χ3v) is 4.52. The number of hydrogen-bond donors (Lipinski definition) is 2. The van der Waals surface area contributed by atoms with Crippen molar-refractivity contribution in [2.24, 2.45) is 0 Å². The van der Waals surface area contributed by atoms with Gasteiger partial charge in [0.05, 0.1) is 11.1 Å². The summed E-state index contributed by atoms with van der Waals surface area (Å²) in [7, 11) is 0. The van der Waals surface area contributed by atoms with Gasteiger partial charge >= 0.3 is 0 Å². The molecule has 0 aliphatic rings. The van der Waals surface area contributed by atoms with Gasteiger partial charge in [0.1, 0.15) is 0 Å². The molecule has 1 unspecified atom stereocenters. The molecule has 1 heterocycles. The molecule has 8 heteroatoms. The van der Waals surface area contributed by atoms with Crippen LogP contribution in [0.3, 0.4) is 0 Å². The molecule has 0 saturated heterocycles. The molecular formula is C19H16F2N2O3S. The van der Waals surface area contributed by atoms with Crippen molar-refractivity contribution in [3.05, 3.63) is 77.0 Å². The Morgan fingerprint density at radius 3 is 2.78 bits per heavy atom. The fourth-order valence-electron chi connectivity index (χ4n) is 2.78. The molecule has 0 saturated carbocycles. The van der Waals surface area contributed by atoms with E-state index in [0.29, 0.717) is 23.9 Å². The third kappa shape index (κ3) is 4.60. The maximum absolute atomic E-state index is 14.2. The van der Waals surface area contributed by atoms with E-state index in [2.05, 4.69) is 9.71 Å². The molecule has 0 amide bonds. The zero-order chi connectivity index (χ0) is 19.4. The fraction of sp³-hybridized carbons (Fsp3) is 0.158. The second-order valence-corrected chi connectivity index (χ2v) is 6.71. The highest BCUT2D eigenvalue weighted by molar-refractivity contribution is 7.77. The van der Waals surface area contributed by atoms with E-state index in [0.717, 1.165) is 11.5 Å². The molecule has 140 valence electrons. The van der Waals surface area contributed by atoms with Crippen LogP contribution in [0.4, 0.5) is 8.78 Å². The van der Waals surface area contributed by atoms with E-state index in [9.17, 15) is 17.8 Å². The van der Waals surface area contributed by atoms with Gasteiger partial charge in [-0.25, -0.2) is 17.7 Å². The minimum Gasteiger partial charge on any atom is -0.294 e. The maximum atomic E-state index is 14.2. The van der Waals surface area contributed by atoms with Crippen molar-refractivity contribution < 1.29 is 22.3 Å². The van der Waals surface area contributed by atoms with Gasteiger partial charge in [-0.15, -0.1) is 0 Å². The largest absolute Gasteiger partial charge is 0.294 e. The first-order chi connectivity index (χ1) is 13.0. The van der Waals surface area contributed by atoms with E-state index >= 15 is 0 Å². The van der Waals surface area contributed by atoms with Gasteiger partial charge in [-0.05, 0) is 54.8 Å². The fourth-order valence-corrected chi connectivity index (χ4v) is 3.10. The quantitative estimate of drug-likeness (QED) is 0.368. The van der Waals surface area contributed by atoms with Gasteiger partial charge in [0, 0.05) is 23.7 Å². The van der Waals surface area contributed by atoms with Crippen LogP contribution in [-0.4, -0.2) is 26.1 Å². The van der Waals surface area contributed by atoms with Crippen molar-refractivity contribution in [1.82, 2.24) is 9.71 Å². The molecule has 0 radical (unpaired) electrons. The minimum absolute atomic E-state index is 0.225. The van der Waals surface area contributed by atoms with Gasteiger partial charge in [0.15, 0.2) is 17.4 Å². The predicted octanol–water partition coefficient (Wildman–Crippen LogP) is 3.40. The molecule has 0 bridgehead atoms. The van der Waals surface area contributed by atoms with Crippen LogP contribution in [0.1, 0.15) is 27.9 Å². The van der Waals surface area contributed by atoms with Gasteiger partial charge in [-0.3, -0.25) is 14.3 Å². The first kappa shape index (κ1) is 19.2. The molecule has 5 nitrogen and oxygen atoms in total. The summed E-state index contributed by atoms with van der Waals surface area (Å²) in [4.78, 5) is 16.9. The summed E-state index contributed by atoms with van der Waals surface area (Å²) in [5, 5.41) is 0.725. The van der Waals surface area contributed by atoms with E-state index in [4.69, 9.17) is 4.55 Å². The lowest BCUT2D eigenvalue weighted by Gasteiger charge is -2.09. The molecule has 2 aromatic carbocycles. The minimum atomic E-state index is -2.12. The van der Waals surface area contributed by atoms with Crippen LogP contribution >= 0.6 is 0 Å². The summed E-state index contributed by atoms with van der Waals surface area (Å²) in [6.45, 7) is 0.225. The average molecular weight is 390 g/mol. The first-order valence-electron chi connectivity index (χ1n) is 8.17. The number of rotatable bonds is 7. The van der Waals surface area contributed by atoms with E-state index < -0.39 is 28.7 Å². The normalized spacial score (nSPS) is 12.3. The van der Waals surface area contributed by atoms with Crippen LogP contribution in [0.2, 0.25) is 0 Å². The molecule has 0 aliphatic heterocycles. The van der Waals surface area contributed by atoms with E-state index in [-0.39, 0.29) is 17.7 Å².